The maximum Gasteiger partial charge on any atom is 0.253 e. The third kappa shape index (κ3) is 5.38. The van der Waals surface area contributed by atoms with E-state index in [4.69, 9.17) is 4.74 Å². The van der Waals surface area contributed by atoms with Crippen LogP contribution in [0.2, 0.25) is 0 Å². The van der Waals surface area contributed by atoms with Crippen molar-refractivity contribution in [2.24, 2.45) is 0 Å². The molecule has 1 aromatic carbocycles. The molecule has 9 nitrogen and oxygen atoms in total. The van der Waals surface area contributed by atoms with Crippen LogP contribution in [-0.2, 0) is 11.3 Å². The number of aromatic nitrogens is 6. The average molecular weight is 528 g/mol. The van der Waals surface area contributed by atoms with E-state index < -0.39 is 6.04 Å². The number of tetrazole rings is 1. The van der Waals surface area contributed by atoms with Gasteiger partial charge in [-0.05, 0) is 78.8 Å². The summed E-state index contributed by atoms with van der Waals surface area (Å²) in [6.45, 7) is 6.15. The predicted octanol–water partition coefficient (Wildman–Crippen LogP) is 4.80. The van der Waals surface area contributed by atoms with Gasteiger partial charge in [0.05, 0.1) is 17.7 Å². The molecule has 9 heteroatoms. The van der Waals surface area contributed by atoms with E-state index >= 15 is 0 Å². The molecular formula is C30H37N7O2. The van der Waals surface area contributed by atoms with Crippen LogP contribution in [0.5, 0.6) is 0 Å². The lowest BCUT2D eigenvalue weighted by atomic mass is 9.94. The van der Waals surface area contributed by atoms with Gasteiger partial charge in [-0.2, -0.15) is 0 Å². The Morgan fingerprint density at radius 1 is 1.10 bits per heavy atom. The highest BCUT2D eigenvalue weighted by molar-refractivity contribution is 5.85. The highest BCUT2D eigenvalue weighted by atomic mass is 16.5. The number of hydrogen-bond donors (Lipinski definition) is 1. The Hall–Kier alpha value is -3.43. The average Bonchev–Trinajstić information content (AvgIpc) is 3.65. The second kappa shape index (κ2) is 11.4. The fourth-order valence-corrected chi connectivity index (χ4v) is 6.30. The molecule has 39 heavy (non-hydrogen) atoms. The van der Waals surface area contributed by atoms with Crippen molar-refractivity contribution in [1.29, 1.82) is 0 Å². The minimum Gasteiger partial charge on any atom is -0.377 e. The van der Waals surface area contributed by atoms with Crippen LogP contribution in [0.25, 0.3) is 10.9 Å². The maximum atomic E-state index is 13.9. The van der Waals surface area contributed by atoms with Crippen molar-refractivity contribution in [3.63, 3.8) is 0 Å². The SMILES string of the molecule is Cc1ccc(C)c2[nH]c(=O)c(C(c3nnnn3C3CCCCC3)N(Cc3cccnc3)CC3CCCO3)cc12. The summed E-state index contributed by atoms with van der Waals surface area (Å²) in [5.74, 6) is 0.721. The van der Waals surface area contributed by atoms with Crippen molar-refractivity contribution < 1.29 is 4.74 Å². The number of aryl methyl sites for hydroxylation is 2. The van der Waals surface area contributed by atoms with Gasteiger partial charge in [-0.1, -0.05) is 37.5 Å². The number of nitrogens with zero attached hydrogens (tertiary/aromatic N) is 6. The summed E-state index contributed by atoms with van der Waals surface area (Å²) in [5, 5.41) is 14.3. The van der Waals surface area contributed by atoms with Gasteiger partial charge in [0.25, 0.3) is 5.56 Å². The lowest BCUT2D eigenvalue weighted by Gasteiger charge is -2.34. The second-order valence-electron chi connectivity index (χ2n) is 11.1. The van der Waals surface area contributed by atoms with E-state index in [2.05, 4.69) is 61.6 Å². The molecule has 1 aliphatic heterocycles. The van der Waals surface area contributed by atoms with Gasteiger partial charge in [0, 0.05) is 43.0 Å². The number of hydrogen-bond acceptors (Lipinski definition) is 7. The summed E-state index contributed by atoms with van der Waals surface area (Å²) in [6, 6.07) is 10.1. The molecule has 3 aromatic heterocycles. The Kier molecular flexibility index (Phi) is 7.52. The first-order valence-electron chi connectivity index (χ1n) is 14.2. The molecule has 1 N–H and O–H groups in total. The standard InChI is InChI=1S/C30H37N7O2/c1-20-12-13-21(2)27-25(20)16-26(30(38)32-27)28(29-33-34-35-37(29)23-9-4-3-5-10-23)36(19-24-11-7-15-39-24)18-22-8-6-14-31-17-22/h6,8,12-14,16-17,23-24,28H,3-5,7,9-11,15,18-19H2,1-2H3,(H,32,38). The molecule has 1 saturated heterocycles. The molecule has 2 aliphatic rings. The van der Waals surface area contributed by atoms with Crippen LogP contribution in [0.3, 0.4) is 0 Å². The van der Waals surface area contributed by atoms with E-state index in [9.17, 15) is 4.79 Å². The molecule has 0 bridgehead atoms. The molecule has 1 aliphatic carbocycles. The first-order chi connectivity index (χ1) is 19.1. The van der Waals surface area contributed by atoms with Crippen molar-refractivity contribution in [2.45, 2.75) is 83.5 Å². The highest BCUT2D eigenvalue weighted by Crippen LogP contribution is 2.35. The van der Waals surface area contributed by atoms with E-state index in [1.54, 1.807) is 6.20 Å². The van der Waals surface area contributed by atoms with Gasteiger partial charge in [-0.3, -0.25) is 14.7 Å². The zero-order chi connectivity index (χ0) is 26.8. The van der Waals surface area contributed by atoms with E-state index in [-0.39, 0.29) is 17.7 Å². The Morgan fingerprint density at radius 3 is 2.72 bits per heavy atom. The van der Waals surface area contributed by atoms with Crippen molar-refractivity contribution in [3.8, 4) is 0 Å². The van der Waals surface area contributed by atoms with Gasteiger partial charge in [0.2, 0.25) is 0 Å². The minimum absolute atomic E-state index is 0.0895. The van der Waals surface area contributed by atoms with Gasteiger partial charge in [0.15, 0.2) is 5.82 Å². The zero-order valence-electron chi connectivity index (χ0n) is 22.8. The van der Waals surface area contributed by atoms with Gasteiger partial charge in [0.1, 0.15) is 6.04 Å². The van der Waals surface area contributed by atoms with Crippen LogP contribution in [0.15, 0.2) is 47.5 Å². The number of aromatic amines is 1. The number of benzene rings is 1. The molecule has 0 amide bonds. The van der Waals surface area contributed by atoms with Crippen LogP contribution < -0.4 is 5.56 Å². The minimum atomic E-state index is -0.445. The summed E-state index contributed by atoms with van der Waals surface area (Å²) in [5.41, 5.74) is 4.67. The van der Waals surface area contributed by atoms with Crippen LogP contribution in [-0.4, -0.2) is 54.3 Å². The largest absolute Gasteiger partial charge is 0.377 e. The third-order valence-corrected chi connectivity index (χ3v) is 8.39. The topological polar surface area (TPSA) is 102 Å². The van der Waals surface area contributed by atoms with E-state index in [1.165, 1.54) is 19.3 Å². The molecule has 2 fully saturated rings. The lowest BCUT2D eigenvalue weighted by Crippen LogP contribution is -2.39. The number of fused-ring (bicyclic) bond motifs is 1. The Bertz CT molecular complexity index is 1470. The second-order valence-corrected chi connectivity index (χ2v) is 11.1. The quantitative estimate of drug-likeness (QED) is 0.351. The van der Waals surface area contributed by atoms with Crippen molar-refractivity contribution >= 4 is 10.9 Å². The normalized spacial score (nSPS) is 19.2. The van der Waals surface area contributed by atoms with Crippen LogP contribution in [0.1, 0.15) is 85.1 Å². The molecule has 4 aromatic rings. The lowest BCUT2D eigenvalue weighted by molar-refractivity contribution is 0.0567. The summed E-state index contributed by atoms with van der Waals surface area (Å²) in [4.78, 5) is 23.8. The molecule has 204 valence electrons. The summed E-state index contributed by atoms with van der Waals surface area (Å²) >= 11 is 0. The van der Waals surface area contributed by atoms with Gasteiger partial charge in [-0.15, -0.1) is 5.10 Å². The first kappa shape index (κ1) is 25.8. The van der Waals surface area contributed by atoms with Crippen molar-refractivity contribution in [1.82, 2.24) is 35.1 Å². The van der Waals surface area contributed by atoms with Crippen LogP contribution in [0.4, 0.5) is 0 Å². The molecule has 2 unspecified atom stereocenters. The fourth-order valence-electron chi connectivity index (χ4n) is 6.30. The molecule has 6 rings (SSSR count). The van der Waals surface area contributed by atoms with E-state index in [0.29, 0.717) is 18.7 Å². The Morgan fingerprint density at radius 2 is 1.95 bits per heavy atom. The molecule has 0 spiro atoms. The summed E-state index contributed by atoms with van der Waals surface area (Å²) in [7, 11) is 0. The van der Waals surface area contributed by atoms with Crippen LogP contribution in [0, 0.1) is 13.8 Å². The molecule has 1 saturated carbocycles. The monoisotopic (exact) mass is 527 g/mol. The van der Waals surface area contributed by atoms with Crippen LogP contribution >= 0.6 is 0 Å². The Labute approximate surface area is 228 Å². The number of H-pyrrole nitrogens is 1. The number of ether oxygens (including phenoxy) is 1. The molecule has 2 atom stereocenters. The molecule has 0 radical (unpaired) electrons. The maximum absolute atomic E-state index is 13.9. The van der Waals surface area contributed by atoms with Crippen molar-refractivity contribution in [2.75, 3.05) is 13.2 Å². The molecular weight excluding hydrogens is 490 g/mol. The highest BCUT2D eigenvalue weighted by Gasteiger charge is 2.35. The number of rotatable bonds is 8. The summed E-state index contributed by atoms with van der Waals surface area (Å²) < 4.78 is 8.11. The van der Waals surface area contributed by atoms with Gasteiger partial charge < -0.3 is 9.72 Å². The predicted molar refractivity (Wildman–Crippen MR) is 149 cm³/mol. The van der Waals surface area contributed by atoms with E-state index in [0.717, 1.165) is 65.7 Å². The third-order valence-electron chi connectivity index (χ3n) is 8.39. The zero-order valence-corrected chi connectivity index (χ0v) is 22.8. The number of nitrogens with one attached hydrogen (secondary N) is 1. The first-order valence-corrected chi connectivity index (χ1v) is 14.2. The van der Waals surface area contributed by atoms with Gasteiger partial charge in [-0.25, -0.2) is 4.68 Å². The summed E-state index contributed by atoms with van der Waals surface area (Å²) in [6.07, 6.45) is 11.5. The fraction of sp³-hybridized carbons (Fsp3) is 0.500. The Balaban J connectivity index is 1.52. The van der Waals surface area contributed by atoms with E-state index in [1.807, 2.05) is 23.9 Å². The van der Waals surface area contributed by atoms with Gasteiger partial charge >= 0.3 is 0 Å². The van der Waals surface area contributed by atoms with Crippen molar-refractivity contribution in [3.05, 3.63) is 81.2 Å². The number of pyridine rings is 2. The molecule has 4 heterocycles. The smallest absolute Gasteiger partial charge is 0.253 e.